The second kappa shape index (κ2) is 16.8. The largest absolute Gasteiger partial charge is 0.462 e. The van der Waals surface area contributed by atoms with Crippen molar-refractivity contribution in [3.63, 3.8) is 0 Å². The van der Waals surface area contributed by atoms with Gasteiger partial charge in [0.15, 0.2) is 0 Å². The van der Waals surface area contributed by atoms with Crippen LogP contribution in [0.15, 0.2) is 0 Å². The maximum Gasteiger partial charge on any atom is 0.306 e. The number of carbonyl (C=O) groups is 1. The fourth-order valence-corrected chi connectivity index (χ4v) is 2.85. The lowest BCUT2D eigenvalue weighted by Gasteiger charge is -2.15. The standard InChI is InChI=1S/C20H40O2/c1-4-7-8-9-10-11-12-13-14-15-16-18-20(21)22-19(6-3)17-5-2/h19H,4-18H2,1-3H3/t19-/m0/s1. The van der Waals surface area contributed by atoms with Gasteiger partial charge in [-0.1, -0.05) is 91.4 Å². The Labute approximate surface area is 139 Å². The molecule has 2 nitrogen and oxygen atoms in total. The van der Waals surface area contributed by atoms with Crippen molar-refractivity contribution in [1.82, 2.24) is 0 Å². The Bertz CT molecular complexity index is 238. The van der Waals surface area contributed by atoms with Crippen molar-refractivity contribution in [2.45, 2.75) is 123 Å². The average molecular weight is 313 g/mol. The molecule has 132 valence electrons. The molecule has 0 aliphatic rings. The van der Waals surface area contributed by atoms with Crippen LogP contribution in [0.3, 0.4) is 0 Å². The maximum absolute atomic E-state index is 11.7. The van der Waals surface area contributed by atoms with Gasteiger partial charge in [0.05, 0.1) is 0 Å². The van der Waals surface area contributed by atoms with Crippen LogP contribution in [0.5, 0.6) is 0 Å². The Balaban J connectivity index is 3.29. The van der Waals surface area contributed by atoms with Crippen molar-refractivity contribution in [2.75, 3.05) is 0 Å². The van der Waals surface area contributed by atoms with Crippen LogP contribution < -0.4 is 0 Å². The van der Waals surface area contributed by atoms with Gasteiger partial charge in [-0.3, -0.25) is 4.79 Å². The van der Waals surface area contributed by atoms with Gasteiger partial charge >= 0.3 is 5.97 Å². The molecule has 0 bridgehead atoms. The van der Waals surface area contributed by atoms with Crippen molar-refractivity contribution >= 4 is 5.97 Å². The van der Waals surface area contributed by atoms with Crippen molar-refractivity contribution < 1.29 is 9.53 Å². The topological polar surface area (TPSA) is 26.3 Å². The van der Waals surface area contributed by atoms with E-state index in [4.69, 9.17) is 4.74 Å². The molecule has 22 heavy (non-hydrogen) atoms. The van der Waals surface area contributed by atoms with Gasteiger partial charge in [0.2, 0.25) is 0 Å². The molecule has 0 fully saturated rings. The predicted molar refractivity (Wildman–Crippen MR) is 96.2 cm³/mol. The minimum atomic E-state index is 0.0104. The van der Waals surface area contributed by atoms with Crippen LogP contribution in [0.4, 0.5) is 0 Å². The zero-order valence-corrected chi connectivity index (χ0v) is 15.5. The molecule has 0 aliphatic heterocycles. The third-order valence-corrected chi connectivity index (χ3v) is 4.35. The number of hydrogen-bond donors (Lipinski definition) is 0. The quantitative estimate of drug-likeness (QED) is 0.231. The lowest BCUT2D eigenvalue weighted by Crippen LogP contribution is -2.16. The van der Waals surface area contributed by atoms with E-state index in [1.807, 2.05) is 0 Å². The lowest BCUT2D eigenvalue weighted by atomic mass is 10.1. The van der Waals surface area contributed by atoms with Gasteiger partial charge in [0.1, 0.15) is 6.10 Å². The highest BCUT2D eigenvalue weighted by Crippen LogP contribution is 2.13. The SMILES string of the molecule is CCCCCCCCCCCCCC(=O)O[C@@H](CC)CCC. The Hall–Kier alpha value is -0.530. The van der Waals surface area contributed by atoms with Crippen molar-refractivity contribution in [3.05, 3.63) is 0 Å². The van der Waals surface area contributed by atoms with Gasteiger partial charge in [0.25, 0.3) is 0 Å². The van der Waals surface area contributed by atoms with Gasteiger partial charge in [-0.05, 0) is 19.3 Å². The zero-order chi connectivity index (χ0) is 16.5. The summed E-state index contributed by atoms with van der Waals surface area (Å²) in [6, 6.07) is 0. The number of ether oxygens (including phenoxy) is 1. The monoisotopic (exact) mass is 312 g/mol. The minimum absolute atomic E-state index is 0.0104. The second-order valence-electron chi connectivity index (χ2n) is 6.59. The molecular formula is C20H40O2. The van der Waals surface area contributed by atoms with E-state index in [2.05, 4.69) is 20.8 Å². The summed E-state index contributed by atoms with van der Waals surface area (Å²) in [5.74, 6) is 0.0104. The highest BCUT2D eigenvalue weighted by atomic mass is 16.5. The first kappa shape index (κ1) is 21.5. The minimum Gasteiger partial charge on any atom is -0.462 e. The van der Waals surface area contributed by atoms with E-state index < -0.39 is 0 Å². The summed E-state index contributed by atoms with van der Waals surface area (Å²) in [4.78, 5) is 11.7. The first-order chi connectivity index (χ1) is 10.7. The van der Waals surface area contributed by atoms with Gasteiger partial charge in [0, 0.05) is 6.42 Å². The van der Waals surface area contributed by atoms with Crippen LogP contribution >= 0.6 is 0 Å². The molecule has 0 spiro atoms. The van der Waals surface area contributed by atoms with E-state index in [0.717, 1.165) is 25.7 Å². The van der Waals surface area contributed by atoms with Gasteiger partial charge in [-0.15, -0.1) is 0 Å². The molecule has 0 saturated heterocycles. The van der Waals surface area contributed by atoms with Crippen LogP contribution in [0.25, 0.3) is 0 Å². The summed E-state index contributed by atoms with van der Waals surface area (Å²) in [6.07, 6.45) is 18.3. The Morgan fingerprint density at radius 3 is 1.68 bits per heavy atom. The van der Waals surface area contributed by atoms with E-state index >= 15 is 0 Å². The van der Waals surface area contributed by atoms with Crippen LogP contribution in [-0.4, -0.2) is 12.1 Å². The molecule has 0 N–H and O–H groups in total. The summed E-state index contributed by atoms with van der Waals surface area (Å²) >= 11 is 0. The molecule has 0 aliphatic carbocycles. The molecular weight excluding hydrogens is 272 g/mol. The zero-order valence-electron chi connectivity index (χ0n) is 15.5. The highest BCUT2D eigenvalue weighted by Gasteiger charge is 2.10. The van der Waals surface area contributed by atoms with Crippen LogP contribution in [0.2, 0.25) is 0 Å². The van der Waals surface area contributed by atoms with Gasteiger partial charge in [-0.25, -0.2) is 0 Å². The molecule has 0 radical (unpaired) electrons. The number of carbonyl (C=O) groups excluding carboxylic acids is 1. The van der Waals surface area contributed by atoms with Crippen LogP contribution in [0, 0.1) is 0 Å². The molecule has 0 aromatic heterocycles. The molecule has 0 aromatic carbocycles. The summed E-state index contributed by atoms with van der Waals surface area (Å²) in [5.41, 5.74) is 0. The molecule has 0 heterocycles. The van der Waals surface area contributed by atoms with Gasteiger partial charge in [-0.2, -0.15) is 0 Å². The van der Waals surface area contributed by atoms with Crippen molar-refractivity contribution in [2.24, 2.45) is 0 Å². The Kier molecular flexibility index (Phi) is 16.4. The number of rotatable bonds is 16. The third kappa shape index (κ3) is 14.4. The fourth-order valence-electron chi connectivity index (χ4n) is 2.85. The molecule has 1 atom stereocenters. The summed E-state index contributed by atoms with van der Waals surface area (Å²) in [6.45, 7) is 6.50. The summed E-state index contributed by atoms with van der Waals surface area (Å²) < 4.78 is 5.49. The van der Waals surface area contributed by atoms with Gasteiger partial charge < -0.3 is 4.74 Å². The molecule has 0 rings (SSSR count). The van der Waals surface area contributed by atoms with E-state index in [0.29, 0.717) is 6.42 Å². The third-order valence-electron chi connectivity index (χ3n) is 4.35. The van der Waals surface area contributed by atoms with E-state index in [-0.39, 0.29) is 12.1 Å². The van der Waals surface area contributed by atoms with E-state index in [9.17, 15) is 4.79 Å². The molecule has 0 aromatic rings. The molecule has 2 heteroatoms. The lowest BCUT2D eigenvalue weighted by molar-refractivity contribution is -0.149. The Morgan fingerprint density at radius 1 is 0.727 bits per heavy atom. The smallest absolute Gasteiger partial charge is 0.306 e. The number of esters is 1. The summed E-state index contributed by atoms with van der Waals surface area (Å²) in [5, 5.41) is 0. The summed E-state index contributed by atoms with van der Waals surface area (Å²) in [7, 11) is 0. The highest BCUT2D eigenvalue weighted by molar-refractivity contribution is 5.69. The average Bonchev–Trinajstić information content (AvgIpc) is 2.52. The number of unbranched alkanes of at least 4 members (excludes halogenated alkanes) is 10. The molecule has 0 saturated carbocycles. The van der Waals surface area contributed by atoms with Crippen molar-refractivity contribution in [3.8, 4) is 0 Å². The normalized spacial score (nSPS) is 12.3. The van der Waals surface area contributed by atoms with E-state index in [1.165, 1.54) is 64.2 Å². The molecule has 0 amide bonds. The van der Waals surface area contributed by atoms with Crippen molar-refractivity contribution in [1.29, 1.82) is 0 Å². The Morgan fingerprint density at radius 2 is 1.23 bits per heavy atom. The molecule has 0 unspecified atom stereocenters. The van der Waals surface area contributed by atoms with Crippen LogP contribution in [-0.2, 0) is 9.53 Å². The van der Waals surface area contributed by atoms with E-state index in [1.54, 1.807) is 0 Å². The maximum atomic E-state index is 11.7. The fraction of sp³-hybridized carbons (Fsp3) is 0.950. The predicted octanol–water partition coefficient (Wildman–Crippen LogP) is 6.81. The number of hydrogen-bond acceptors (Lipinski definition) is 2. The second-order valence-corrected chi connectivity index (χ2v) is 6.59. The van der Waals surface area contributed by atoms with Crippen LogP contribution in [0.1, 0.15) is 117 Å². The first-order valence-electron chi connectivity index (χ1n) is 9.94. The first-order valence-corrected chi connectivity index (χ1v) is 9.94.